The van der Waals surface area contributed by atoms with Crippen molar-refractivity contribution in [1.82, 2.24) is 20.4 Å². The van der Waals surface area contributed by atoms with Crippen LogP contribution in [0.15, 0.2) is 36.4 Å². The molecule has 3 aliphatic carbocycles. The van der Waals surface area contributed by atoms with Gasteiger partial charge in [-0.1, -0.05) is 32.0 Å². The summed E-state index contributed by atoms with van der Waals surface area (Å²) in [7, 11) is 0.453. The second-order valence-electron chi connectivity index (χ2n) is 16.5. The maximum Gasteiger partial charge on any atom is 0.482 e. The van der Waals surface area contributed by atoms with Crippen LogP contribution in [-0.4, -0.2) is 96.6 Å². The number of para-hydroxylation sites is 1. The maximum absolute atomic E-state index is 15.7. The summed E-state index contributed by atoms with van der Waals surface area (Å²) >= 11 is 1.94. The van der Waals surface area contributed by atoms with E-state index in [0.29, 0.717) is 15.1 Å². The van der Waals surface area contributed by atoms with Gasteiger partial charge >= 0.3 is 30.9 Å². The van der Waals surface area contributed by atoms with Crippen molar-refractivity contribution in [2.45, 2.75) is 97.0 Å². The first-order valence-electron chi connectivity index (χ1n) is 18.7. The molecule has 6 atom stereocenters. The number of piperazine rings is 1. The van der Waals surface area contributed by atoms with Crippen molar-refractivity contribution < 1.29 is 47.1 Å². The fourth-order valence-corrected chi connectivity index (χ4v) is 9.11. The molecule has 1 unspecified atom stereocenters. The molecule has 2 aromatic rings. The summed E-state index contributed by atoms with van der Waals surface area (Å²) in [5, 5.41) is 5.51. The summed E-state index contributed by atoms with van der Waals surface area (Å²) in [6, 6.07) is 6.58. The number of nitrogens with one attached hydrogen (secondary N) is 2. The van der Waals surface area contributed by atoms with Crippen LogP contribution in [0.1, 0.15) is 88.8 Å². The molecule has 2 N–H and O–H groups in total. The Morgan fingerprint density at radius 1 is 1.07 bits per heavy atom. The highest BCUT2D eigenvalue weighted by atomic mass is 127. The number of methoxy groups -OCH3 is 1. The van der Waals surface area contributed by atoms with Gasteiger partial charge in [-0.25, -0.2) is 14.0 Å². The van der Waals surface area contributed by atoms with Crippen molar-refractivity contribution in [3.8, 4) is 5.75 Å². The predicted molar refractivity (Wildman–Crippen MR) is 208 cm³/mol. The van der Waals surface area contributed by atoms with Crippen LogP contribution in [0.2, 0.25) is 0 Å². The minimum absolute atomic E-state index is 0.0341. The molecular weight excluding hydrogens is 825 g/mol. The van der Waals surface area contributed by atoms with E-state index in [1.54, 1.807) is 52.0 Å². The van der Waals surface area contributed by atoms with E-state index in [9.17, 15) is 24.0 Å². The van der Waals surface area contributed by atoms with E-state index in [0.717, 1.165) is 17.7 Å². The van der Waals surface area contributed by atoms with Crippen LogP contribution < -0.4 is 15.4 Å². The summed E-state index contributed by atoms with van der Waals surface area (Å²) < 4.78 is 41.1. The molecule has 2 saturated heterocycles. The minimum atomic E-state index is -1.64. The number of carbonyl (C=O) groups excluding carboxylic acids is 5. The first-order valence-corrected chi connectivity index (χ1v) is 19.8. The fraction of sp³-hybridized carbons (Fsp3) is 0.564. The first kappa shape index (κ1) is 40.9. The van der Waals surface area contributed by atoms with Crippen LogP contribution in [0.4, 0.5) is 9.18 Å². The first-order chi connectivity index (χ1) is 25.8. The monoisotopic (exact) mass is 874 g/mol. The van der Waals surface area contributed by atoms with Gasteiger partial charge in [-0.3, -0.25) is 19.3 Å². The molecule has 0 aromatic heterocycles. The number of imide groups is 1. The largest absolute Gasteiger partial charge is 0.496 e. The second-order valence-corrected chi connectivity index (χ2v) is 17.8. The Morgan fingerprint density at radius 3 is 2.44 bits per heavy atom. The Hall–Kier alpha value is -3.77. The number of carbonyl (C=O) groups is 5. The summed E-state index contributed by atoms with van der Waals surface area (Å²) in [4.78, 5) is 69.2. The van der Waals surface area contributed by atoms with Crippen molar-refractivity contribution in [1.29, 1.82) is 0 Å². The lowest BCUT2D eigenvalue weighted by Crippen LogP contribution is -2.65. The zero-order valence-electron chi connectivity index (χ0n) is 32.5. The number of hydrogen-bond donors (Lipinski definition) is 2. The number of hydrogen-bond acceptors (Lipinski definition) is 9. The molecule has 2 aromatic carbocycles. The van der Waals surface area contributed by atoms with Crippen LogP contribution >= 0.6 is 22.6 Å². The number of amides is 5. The Morgan fingerprint density at radius 2 is 1.80 bits per heavy atom. The van der Waals surface area contributed by atoms with Gasteiger partial charge in [-0.05, 0) is 117 Å². The fourth-order valence-electron chi connectivity index (χ4n) is 8.66. The molecule has 2 bridgehead atoms. The van der Waals surface area contributed by atoms with Gasteiger partial charge in [0.05, 0.1) is 24.8 Å². The van der Waals surface area contributed by atoms with Crippen molar-refractivity contribution in [2.24, 2.45) is 17.3 Å². The standard InChI is InChI=1S/C39H49BFIN4O9/c1-9-45-15-16-46(34(49)33(45)48)36(51)44-30(24-14-13-23(42)20-26(24)41)32(47)43-29(40-54-28-19-22-18-27(38(22,5)6)39(28,7)55-40)17-21-11-10-12-25(31(21)52-8)35(50)53-37(2,3)4/h10-14,20,22,27-30H,9,15-19H2,1-8H3,(H,43,47)(H,44,51)/t22-,27-,28+,29-,30?,39-/m0/s1. The summed E-state index contributed by atoms with van der Waals surface area (Å²) in [6.45, 7) is 13.8. The molecule has 16 heteroatoms. The quantitative estimate of drug-likeness (QED) is 0.148. The van der Waals surface area contributed by atoms with Gasteiger partial charge in [-0.15, -0.1) is 0 Å². The van der Waals surface area contributed by atoms with Crippen LogP contribution in [0.25, 0.3) is 0 Å². The number of nitrogens with zero attached hydrogens (tertiary/aromatic N) is 2. The number of halogens is 2. The van der Waals surface area contributed by atoms with E-state index >= 15 is 4.39 Å². The Bertz CT molecular complexity index is 1890. The molecule has 0 spiro atoms. The molecule has 13 nitrogen and oxygen atoms in total. The number of ether oxygens (including phenoxy) is 2. The smallest absolute Gasteiger partial charge is 0.482 e. The third-order valence-electron chi connectivity index (χ3n) is 11.7. The van der Waals surface area contributed by atoms with Gasteiger partial charge in [0, 0.05) is 28.8 Å². The molecule has 5 fully saturated rings. The Balaban J connectivity index is 1.35. The predicted octanol–water partition coefficient (Wildman–Crippen LogP) is 4.83. The number of urea groups is 1. The lowest BCUT2D eigenvalue weighted by molar-refractivity contribution is -0.199. The zero-order valence-corrected chi connectivity index (χ0v) is 34.7. The molecule has 3 saturated carbocycles. The lowest BCUT2D eigenvalue weighted by Gasteiger charge is -2.64. The summed E-state index contributed by atoms with van der Waals surface area (Å²) in [5.41, 5.74) is -0.829. The van der Waals surface area contributed by atoms with E-state index in [4.69, 9.17) is 18.8 Å². The van der Waals surface area contributed by atoms with Gasteiger partial charge in [-0.2, -0.15) is 0 Å². The second kappa shape index (κ2) is 15.3. The van der Waals surface area contributed by atoms with E-state index < -0.39 is 65.8 Å². The highest BCUT2D eigenvalue weighted by Gasteiger charge is 2.68. The van der Waals surface area contributed by atoms with E-state index in [1.165, 1.54) is 24.1 Å². The van der Waals surface area contributed by atoms with Crippen LogP contribution in [0, 0.1) is 26.6 Å². The van der Waals surface area contributed by atoms with Gasteiger partial charge < -0.3 is 34.3 Å². The van der Waals surface area contributed by atoms with E-state index in [-0.39, 0.29) is 60.4 Å². The lowest BCUT2D eigenvalue weighted by atomic mass is 9.43. The third-order valence-corrected chi connectivity index (χ3v) is 12.4. The summed E-state index contributed by atoms with van der Waals surface area (Å²) in [5.74, 6) is -4.11. The van der Waals surface area contributed by atoms with Gasteiger partial charge in [0.25, 0.3) is 0 Å². The SMILES string of the molecule is CCN1CCN(C(=O)NC(C(=O)N[C@@H](Cc2cccc(C(=O)OC(C)(C)C)c2OC)B2O[C@@H]3C[C@@H]4C[C@@H](C4(C)C)[C@]3(C)O2)c2ccc(I)cc2F)C(=O)C1=O. The third kappa shape index (κ3) is 7.82. The van der Waals surface area contributed by atoms with E-state index in [2.05, 4.69) is 24.5 Å². The molecule has 5 amide bonds. The molecule has 5 aliphatic rings. The number of rotatable bonds is 10. The van der Waals surface area contributed by atoms with E-state index in [1.807, 2.05) is 29.5 Å². The highest BCUT2D eigenvalue weighted by molar-refractivity contribution is 14.1. The van der Waals surface area contributed by atoms with Crippen molar-refractivity contribution in [2.75, 3.05) is 26.7 Å². The van der Waals surface area contributed by atoms with Gasteiger partial charge in [0.15, 0.2) is 0 Å². The topological polar surface area (TPSA) is 153 Å². The zero-order chi connectivity index (χ0) is 40.2. The Kier molecular flexibility index (Phi) is 11.4. The molecule has 0 radical (unpaired) electrons. The van der Waals surface area contributed by atoms with Crippen molar-refractivity contribution in [3.05, 3.63) is 62.5 Å². The average Bonchev–Trinajstić information content (AvgIpc) is 3.48. The molecule has 7 rings (SSSR count). The van der Waals surface area contributed by atoms with Crippen LogP contribution in [-0.2, 0) is 34.9 Å². The van der Waals surface area contributed by atoms with Gasteiger partial charge in [0.1, 0.15) is 28.8 Å². The highest BCUT2D eigenvalue weighted by Crippen LogP contribution is 2.65. The summed E-state index contributed by atoms with van der Waals surface area (Å²) in [6.07, 6.45) is 1.56. The van der Waals surface area contributed by atoms with Crippen LogP contribution in [0.5, 0.6) is 5.75 Å². The van der Waals surface area contributed by atoms with Crippen LogP contribution in [0.3, 0.4) is 0 Å². The molecule has 55 heavy (non-hydrogen) atoms. The van der Waals surface area contributed by atoms with Gasteiger partial charge in [0.2, 0.25) is 5.91 Å². The number of likely N-dealkylation sites (N-methyl/N-ethyl adjacent to an activating group) is 1. The normalized spacial score (nSPS) is 25.4. The average molecular weight is 875 g/mol. The molecular formula is C39H49BFIN4O9. The molecule has 2 heterocycles. The Labute approximate surface area is 335 Å². The maximum atomic E-state index is 15.7. The van der Waals surface area contributed by atoms with Crippen molar-refractivity contribution >= 4 is 59.4 Å². The number of esters is 1. The molecule has 2 aliphatic heterocycles. The van der Waals surface area contributed by atoms with Crippen molar-refractivity contribution in [3.63, 3.8) is 0 Å². The molecule has 296 valence electrons. The number of benzene rings is 2. The minimum Gasteiger partial charge on any atom is -0.496 e.